The molecule has 1 saturated heterocycles. The topological polar surface area (TPSA) is 79.5 Å². The first-order chi connectivity index (χ1) is 14.7. The highest BCUT2D eigenvalue weighted by Gasteiger charge is 2.13. The molecule has 2 aromatic carbocycles. The largest absolute Gasteiger partial charge is 0.493 e. The van der Waals surface area contributed by atoms with E-state index in [-0.39, 0.29) is 5.91 Å². The fourth-order valence-electron chi connectivity index (χ4n) is 3.54. The van der Waals surface area contributed by atoms with Gasteiger partial charge < -0.3 is 19.8 Å². The second kappa shape index (κ2) is 9.73. The SMILES string of the molecule is Cc1ccccc1OCCCC(=O)Nc1ccc2nc(CN3CCOCC3)[nH]c2c1. The van der Waals surface area contributed by atoms with Gasteiger partial charge in [0.2, 0.25) is 5.91 Å². The number of hydrogen-bond donors (Lipinski definition) is 2. The summed E-state index contributed by atoms with van der Waals surface area (Å²) < 4.78 is 11.1. The van der Waals surface area contributed by atoms with Crippen molar-refractivity contribution in [3.05, 3.63) is 53.9 Å². The zero-order chi connectivity index (χ0) is 20.8. The number of aromatic amines is 1. The molecule has 0 spiro atoms. The summed E-state index contributed by atoms with van der Waals surface area (Å²) in [5, 5.41) is 2.97. The Morgan fingerprint density at radius 1 is 1.23 bits per heavy atom. The smallest absolute Gasteiger partial charge is 0.224 e. The van der Waals surface area contributed by atoms with Gasteiger partial charge in [-0.25, -0.2) is 4.98 Å². The van der Waals surface area contributed by atoms with Crippen molar-refractivity contribution in [3.63, 3.8) is 0 Å². The van der Waals surface area contributed by atoms with E-state index in [1.807, 2.05) is 49.4 Å². The Labute approximate surface area is 176 Å². The highest BCUT2D eigenvalue weighted by Crippen LogP contribution is 2.19. The van der Waals surface area contributed by atoms with Crippen LogP contribution in [-0.2, 0) is 16.1 Å². The van der Waals surface area contributed by atoms with Gasteiger partial charge in [-0.05, 0) is 43.2 Å². The van der Waals surface area contributed by atoms with Gasteiger partial charge in [-0.3, -0.25) is 9.69 Å². The maximum Gasteiger partial charge on any atom is 0.224 e. The summed E-state index contributed by atoms with van der Waals surface area (Å²) in [6, 6.07) is 13.7. The van der Waals surface area contributed by atoms with Crippen LogP contribution < -0.4 is 10.1 Å². The average molecular weight is 409 g/mol. The molecule has 30 heavy (non-hydrogen) atoms. The number of para-hydroxylation sites is 1. The van der Waals surface area contributed by atoms with Crippen LogP contribution in [0.15, 0.2) is 42.5 Å². The summed E-state index contributed by atoms with van der Waals surface area (Å²) in [6.07, 6.45) is 1.07. The molecule has 158 valence electrons. The number of morpholine rings is 1. The molecule has 7 nitrogen and oxygen atoms in total. The van der Waals surface area contributed by atoms with Crippen LogP contribution in [0.5, 0.6) is 5.75 Å². The van der Waals surface area contributed by atoms with E-state index in [0.29, 0.717) is 19.4 Å². The lowest BCUT2D eigenvalue weighted by Gasteiger charge is -2.25. The second-order valence-electron chi connectivity index (χ2n) is 7.57. The molecule has 3 aromatic rings. The molecule has 0 radical (unpaired) electrons. The Bertz CT molecular complexity index is 995. The molecule has 0 atom stereocenters. The van der Waals surface area contributed by atoms with Crippen LogP contribution in [-0.4, -0.2) is 53.7 Å². The molecule has 0 bridgehead atoms. The van der Waals surface area contributed by atoms with Crippen LogP contribution in [0.1, 0.15) is 24.2 Å². The number of fused-ring (bicyclic) bond motifs is 1. The normalized spacial score (nSPS) is 14.7. The molecular weight excluding hydrogens is 380 g/mol. The van der Waals surface area contributed by atoms with Gasteiger partial charge in [0, 0.05) is 25.2 Å². The first-order valence-corrected chi connectivity index (χ1v) is 10.4. The second-order valence-corrected chi connectivity index (χ2v) is 7.57. The number of amides is 1. The Morgan fingerprint density at radius 3 is 2.90 bits per heavy atom. The third kappa shape index (κ3) is 5.37. The van der Waals surface area contributed by atoms with Crippen LogP contribution in [0.25, 0.3) is 11.0 Å². The highest BCUT2D eigenvalue weighted by atomic mass is 16.5. The number of nitrogens with zero attached hydrogens (tertiary/aromatic N) is 2. The number of benzene rings is 2. The number of aromatic nitrogens is 2. The minimum absolute atomic E-state index is 0.0178. The standard InChI is InChI=1S/C23H28N4O3/c1-17-5-2-3-6-21(17)30-12-4-7-23(28)24-18-8-9-19-20(15-18)26-22(25-19)16-27-10-13-29-14-11-27/h2-3,5-6,8-9,15H,4,7,10-14,16H2,1H3,(H,24,28)(H,25,26). The fourth-order valence-corrected chi connectivity index (χ4v) is 3.54. The number of imidazole rings is 1. The lowest BCUT2D eigenvalue weighted by Crippen LogP contribution is -2.35. The minimum atomic E-state index is -0.0178. The summed E-state index contributed by atoms with van der Waals surface area (Å²) in [7, 11) is 0. The van der Waals surface area contributed by atoms with Crippen LogP contribution in [0, 0.1) is 6.92 Å². The number of rotatable bonds is 8. The van der Waals surface area contributed by atoms with Crippen LogP contribution in [0.4, 0.5) is 5.69 Å². The van der Waals surface area contributed by atoms with Gasteiger partial charge in [-0.15, -0.1) is 0 Å². The predicted molar refractivity (Wildman–Crippen MR) is 117 cm³/mol. The Hall–Kier alpha value is -2.90. The minimum Gasteiger partial charge on any atom is -0.493 e. The zero-order valence-electron chi connectivity index (χ0n) is 17.3. The van der Waals surface area contributed by atoms with E-state index >= 15 is 0 Å². The third-order valence-electron chi connectivity index (χ3n) is 5.19. The van der Waals surface area contributed by atoms with Gasteiger partial charge >= 0.3 is 0 Å². The van der Waals surface area contributed by atoms with E-state index in [1.54, 1.807) is 0 Å². The molecule has 0 unspecified atom stereocenters. The molecule has 0 saturated carbocycles. The van der Waals surface area contributed by atoms with Crippen molar-refractivity contribution in [2.75, 3.05) is 38.2 Å². The average Bonchev–Trinajstić information content (AvgIpc) is 3.14. The molecule has 7 heteroatoms. The molecule has 2 N–H and O–H groups in total. The van der Waals surface area contributed by atoms with Crippen molar-refractivity contribution in [3.8, 4) is 5.75 Å². The molecule has 0 aliphatic carbocycles. The molecule has 1 fully saturated rings. The van der Waals surface area contributed by atoms with Gasteiger partial charge in [-0.2, -0.15) is 0 Å². The van der Waals surface area contributed by atoms with Crippen molar-refractivity contribution in [1.82, 2.24) is 14.9 Å². The predicted octanol–water partition coefficient (Wildman–Crippen LogP) is 3.50. The Kier molecular flexibility index (Phi) is 6.61. The van der Waals surface area contributed by atoms with E-state index in [0.717, 1.165) is 66.7 Å². The van der Waals surface area contributed by atoms with Gasteiger partial charge in [-0.1, -0.05) is 18.2 Å². The fraction of sp³-hybridized carbons (Fsp3) is 0.391. The summed E-state index contributed by atoms with van der Waals surface area (Å²) in [4.78, 5) is 22.6. The molecule has 2 heterocycles. The van der Waals surface area contributed by atoms with Crippen LogP contribution in [0.3, 0.4) is 0 Å². The molecule has 1 amide bonds. The van der Waals surface area contributed by atoms with Crippen molar-refractivity contribution in [2.45, 2.75) is 26.3 Å². The first-order valence-electron chi connectivity index (χ1n) is 10.4. The summed E-state index contributed by atoms with van der Waals surface area (Å²) >= 11 is 0. The Balaban J connectivity index is 1.26. The number of carbonyl (C=O) groups excluding carboxylic acids is 1. The van der Waals surface area contributed by atoms with E-state index in [1.165, 1.54) is 0 Å². The summed E-state index contributed by atoms with van der Waals surface area (Å²) in [6.45, 7) is 6.69. The van der Waals surface area contributed by atoms with E-state index < -0.39 is 0 Å². The number of H-pyrrole nitrogens is 1. The van der Waals surface area contributed by atoms with E-state index in [4.69, 9.17) is 9.47 Å². The molecule has 1 aliphatic heterocycles. The number of aryl methyl sites for hydroxylation is 1. The lowest BCUT2D eigenvalue weighted by atomic mass is 10.2. The molecular formula is C23H28N4O3. The maximum absolute atomic E-state index is 12.3. The van der Waals surface area contributed by atoms with Gasteiger partial charge in [0.15, 0.2) is 0 Å². The highest BCUT2D eigenvalue weighted by molar-refractivity contribution is 5.93. The van der Waals surface area contributed by atoms with Gasteiger partial charge in [0.25, 0.3) is 0 Å². The van der Waals surface area contributed by atoms with Gasteiger partial charge in [0.1, 0.15) is 11.6 Å². The number of hydrogen-bond acceptors (Lipinski definition) is 5. The maximum atomic E-state index is 12.3. The number of nitrogens with one attached hydrogen (secondary N) is 2. The first kappa shape index (κ1) is 20.4. The van der Waals surface area contributed by atoms with E-state index in [9.17, 15) is 4.79 Å². The Morgan fingerprint density at radius 2 is 2.07 bits per heavy atom. The van der Waals surface area contributed by atoms with Gasteiger partial charge in [0.05, 0.1) is 37.4 Å². The van der Waals surface area contributed by atoms with Crippen molar-refractivity contribution < 1.29 is 14.3 Å². The monoisotopic (exact) mass is 408 g/mol. The number of ether oxygens (including phenoxy) is 2. The molecule has 1 aromatic heterocycles. The lowest BCUT2D eigenvalue weighted by molar-refractivity contribution is -0.116. The molecule has 1 aliphatic rings. The van der Waals surface area contributed by atoms with E-state index in [2.05, 4.69) is 20.2 Å². The summed E-state index contributed by atoms with van der Waals surface area (Å²) in [5.74, 6) is 1.79. The van der Waals surface area contributed by atoms with Crippen LogP contribution in [0.2, 0.25) is 0 Å². The third-order valence-corrected chi connectivity index (χ3v) is 5.19. The van der Waals surface area contributed by atoms with Crippen molar-refractivity contribution in [2.24, 2.45) is 0 Å². The number of carbonyl (C=O) groups is 1. The summed E-state index contributed by atoms with van der Waals surface area (Å²) in [5.41, 5.74) is 3.71. The van der Waals surface area contributed by atoms with Crippen LogP contribution >= 0.6 is 0 Å². The molecule has 4 rings (SSSR count). The quantitative estimate of drug-likeness (QED) is 0.558. The van der Waals surface area contributed by atoms with Crippen molar-refractivity contribution >= 4 is 22.6 Å². The zero-order valence-corrected chi connectivity index (χ0v) is 17.3. The van der Waals surface area contributed by atoms with Crippen molar-refractivity contribution in [1.29, 1.82) is 0 Å². The number of anilines is 1.